The second-order valence-corrected chi connectivity index (χ2v) is 16.1. The van der Waals surface area contributed by atoms with E-state index in [0.29, 0.717) is 12.8 Å². The van der Waals surface area contributed by atoms with Gasteiger partial charge in [0.15, 0.2) is 6.10 Å². The number of aliphatic hydroxyl groups excluding tert-OH is 1. The molecule has 0 heterocycles. The number of hydrogen-bond donors (Lipinski definition) is 1. The second-order valence-electron chi connectivity index (χ2n) is 16.1. The van der Waals surface area contributed by atoms with Crippen LogP contribution in [0.2, 0.25) is 0 Å². The molecule has 0 saturated carbocycles. The van der Waals surface area contributed by atoms with Crippen molar-refractivity contribution in [3.05, 3.63) is 0 Å². The average Bonchev–Trinajstić information content (AvgIpc) is 3.07. The van der Waals surface area contributed by atoms with Gasteiger partial charge in [-0.3, -0.25) is 9.59 Å². The summed E-state index contributed by atoms with van der Waals surface area (Å²) in [5, 5.41) is 9.58. The Morgan fingerprint density at radius 3 is 0.959 bits per heavy atom. The summed E-state index contributed by atoms with van der Waals surface area (Å²) >= 11 is 0. The van der Waals surface area contributed by atoms with Gasteiger partial charge in [-0.1, -0.05) is 214 Å². The molecule has 0 saturated heterocycles. The number of carbonyl (C=O) groups excluding carboxylic acids is 2. The number of ether oxygens (including phenoxy) is 2. The van der Waals surface area contributed by atoms with E-state index in [1.807, 2.05) is 0 Å². The minimum atomic E-state index is -0.763. The van der Waals surface area contributed by atoms with Crippen molar-refractivity contribution >= 4 is 11.9 Å². The molecule has 0 aliphatic carbocycles. The molecule has 0 radical (unpaired) electrons. The highest BCUT2D eigenvalue weighted by Gasteiger charge is 2.16. The Labute approximate surface area is 306 Å². The molecule has 0 amide bonds. The molecular weight excluding hydrogens is 608 g/mol. The molecule has 0 spiro atoms. The molecule has 0 aromatic carbocycles. The van der Waals surface area contributed by atoms with Crippen molar-refractivity contribution < 1.29 is 24.2 Å². The molecule has 292 valence electrons. The van der Waals surface area contributed by atoms with Gasteiger partial charge in [0, 0.05) is 12.8 Å². The Balaban J connectivity index is 3.47. The second kappa shape index (κ2) is 38.1. The Morgan fingerprint density at radius 1 is 0.408 bits per heavy atom. The van der Waals surface area contributed by atoms with E-state index in [9.17, 15) is 14.7 Å². The molecule has 0 bridgehead atoms. The Bertz CT molecular complexity index is 691. The minimum absolute atomic E-state index is 0.0579. The van der Waals surface area contributed by atoms with Gasteiger partial charge < -0.3 is 14.6 Å². The van der Waals surface area contributed by atoms with Crippen LogP contribution in [0.1, 0.15) is 240 Å². The first-order valence-corrected chi connectivity index (χ1v) is 21.8. The van der Waals surface area contributed by atoms with Crippen LogP contribution < -0.4 is 0 Å². The van der Waals surface area contributed by atoms with Crippen LogP contribution in [-0.4, -0.2) is 36.4 Å². The van der Waals surface area contributed by atoms with Gasteiger partial charge in [-0.15, -0.1) is 0 Å². The van der Waals surface area contributed by atoms with Gasteiger partial charge in [-0.25, -0.2) is 0 Å². The fraction of sp³-hybridized carbons (Fsp3) is 0.955. The maximum absolute atomic E-state index is 12.2. The highest BCUT2D eigenvalue weighted by atomic mass is 16.6. The van der Waals surface area contributed by atoms with E-state index >= 15 is 0 Å². The van der Waals surface area contributed by atoms with Crippen molar-refractivity contribution in [1.82, 2.24) is 0 Å². The third kappa shape index (κ3) is 39.5. The van der Waals surface area contributed by atoms with E-state index in [0.717, 1.165) is 43.9 Å². The van der Waals surface area contributed by atoms with E-state index in [2.05, 4.69) is 27.7 Å². The van der Waals surface area contributed by atoms with Gasteiger partial charge in [0.1, 0.15) is 6.61 Å². The molecule has 0 aliphatic heterocycles. The van der Waals surface area contributed by atoms with Crippen LogP contribution in [0.15, 0.2) is 0 Å². The monoisotopic (exact) mass is 695 g/mol. The molecule has 0 aromatic heterocycles. The largest absolute Gasteiger partial charge is 0.462 e. The molecule has 0 rings (SSSR count). The zero-order chi connectivity index (χ0) is 36.0. The molecule has 0 aromatic rings. The van der Waals surface area contributed by atoms with Crippen molar-refractivity contribution in [1.29, 1.82) is 0 Å². The minimum Gasteiger partial charge on any atom is -0.462 e. The van der Waals surface area contributed by atoms with E-state index in [-0.39, 0.29) is 25.2 Å². The van der Waals surface area contributed by atoms with Crippen molar-refractivity contribution in [2.75, 3.05) is 13.2 Å². The molecule has 49 heavy (non-hydrogen) atoms. The maximum Gasteiger partial charge on any atom is 0.306 e. The Morgan fingerprint density at radius 2 is 0.673 bits per heavy atom. The zero-order valence-corrected chi connectivity index (χ0v) is 33.6. The lowest BCUT2D eigenvalue weighted by Crippen LogP contribution is -2.28. The van der Waals surface area contributed by atoms with Crippen LogP contribution in [0.4, 0.5) is 0 Å². The van der Waals surface area contributed by atoms with Crippen molar-refractivity contribution in [2.24, 2.45) is 11.8 Å². The van der Waals surface area contributed by atoms with Gasteiger partial charge in [0.25, 0.3) is 0 Å². The smallest absolute Gasteiger partial charge is 0.306 e. The molecule has 1 N–H and O–H groups in total. The fourth-order valence-corrected chi connectivity index (χ4v) is 6.69. The van der Waals surface area contributed by atoms with Gasteiger partial charge in [0.05, 0.1) is 6.61 Å². The van der Waals surface area contributed by atoms with Gasteiger partial charge >= 0.3 is 11.9 Å². The standard InChI is InChI=1S/C44H86O5/c1-40(2)34-30-26-22-18-14-10-6-5-7-12-16-20-24-28-32-36-43(46)48-39-42(38-45)49-44(47)37-33-29-25-21-17-13-9-8-11-15-19-23-27-31-35-41(3)4/h40-42,45H,5-39H2,1-4H3/t42-/m0/s1. The summed E-state index contributed by atoms with van der Waals surface area (Å²) in [6.45, 7) is 8.89. The Hall–Kier alpha value is -1.10. The van der Waals surface area contributed by atoms with Crippen molar-refractivity contribution in [2.45, 2.75) is 246 Å². The summed E-state index contributed by atoms with van der Waals surface area (Å²) in [4.78, 5) is 24.3. The number of rotatable bonds is 39. The number of aliphatic hydroxyl groups is 1. The van der Waals surface area contributed by atoms with Crippen LogP contribution in [0.3, 0.4) is 0 Å². The summed E-state index contributed by atoms with van der Waals surface area (Å²) in [5.41, 5.74) is 0. The molecule has 1 atom stereocenters. The highest BCUT2D eigenvalue weighted by Crippen LogP contribution is 2.17. The topological polar surface area (TPSA) is 72.8 Å². The molecule has 0 aliphatic rings. The van der Waals surface area contributed by atoms with E-state index < -0.39 is 6.10 Å². The fourth-order valence-electron chi connectivity index (χ4n) is 6.69. The highest BCUT2D eigenvalue weighted by molar-refractivity contribution is 5.70. The summed E-state index contributed by atoms with van der Waals surface area (Å²) < 4.78 is 10.6. The lowest BCUT2D eigenvalue weighted by Gasteiger charge is -2.15. The van der Waals surface area contributed by atoms with Crippen LogP contribution in [-0.2, 0) is 19.1 Å². The molecule has 5 heteroatoms. The van der Waals surface area contributed by atoms with Gasteiger partial charge in [0.2, 0.25) is 0 Å². The Kier molecular flexibility index (Phi) is 37.3. The first-order valence-electron chi connectivity index (χ1n) is 21.8. The molecular formula is C44H86O5. The van der Waals surface area contributed by atoms with E-state index in [1.165, 1.54) is 167 Å². The zero-order valence-electron chi connectivity index (χ0n) is 33.6. The van der Waals surface area contributed by atoms with Crippen LogP contribution >= 0.6 is 0 Å². The summed E-state index contributed by atoms with van der Waals surface area (Å²) in [6.07, 6.45) is 40.3. The van der Waals surface area contributed by atoms with Crippen molar-refractivity contribution in [3.8, 4) is 0 Å². The first kappa shape index (κ1) is 47.9. The lowest BCUT2D eigenvalue weighted by atomic mass is 10.0. The van der Waals surface area contributed by atoms with Crippen molar-refractivity contribution in [3.63, 3.8) is 0 Å². The number of hydrogen-bond acceptors (Lipinski definition) is 5. The van der Waals surface area contributed by atoms with Crippen LogP contribution in [0.25, 0.3) is 0 Å². The number of unbranched alkanes of at least 4 members (excludes halogenated alkanes) is 27. The lowest BCUT2D eigenvalue weighted by molar-refractivity contribution is -0.161. The quantitative estimate of drug-likeness (QED) is 0.0512. The summed E-state index contributed by atoms with van der Waals surface area (Å²) in [7, 11) is 0. The molecule has 0 unspecified atom stereocenters. The van der Waals surface area contributed by atoms with E-state index in [4.69, 9.17) is 9.47 Å². The van der Waals surface area contributed by atoms with Crippen LogP contribution in [0.5, 0.6) is 0 Å². The van der Waals surface area contributed by atoms with Gasteiger partial charge in [-0.2, -0.15) is 0 Å². The SMILES string of the molecule is CC(C)CCCCCCCCCCCCCCCCCC(=O)OC[C@H](CO)OC(=O)CCCCCCCCCCCCCCCCC(C)C. The first-order chi connectivity index (χ1) is 23.8. The van der Waals surface area contributed by atoms with Gasteiger partial charge in [-0.05, 0) is 24.7 Å². The number of carbonyl (C=O) groups is 2. The predicted molar refractivity (Wildman–Crippen MR) is 210 cm³/mol. The van der Waals surface area contributed by atoms with Crippen LogP contribution in [0, 0.1) is 11.8 Å². The maximum atomic E-state index is 12.2. The van der Waals surface area contributed by atoms with E-state index in [1.54, 1.807) is 0 Å². The third-order valence-corrected chi connectivity index (χ3v) is 10.0. The third-order valence-electron chi connectivity index (χ3n) is 10.0. The predicted octanol–water partition coefficient (Wildman–Crippen LogP) is 13.6. The normalized spacial score (nSPS) is 12.2. The number of esters is 2. The average molecular weight is 695 g/mol. The molecule has 0 fully saturated rings. The summed E-state index contributed by atoms with van der Waals surface area (Å²) in [6, 6.07) is 0. The molecule has 5 nitrogen and oxygen atoms in total. The summed E-state index contributed by atoms with van der Waals surface area (Å²) in [5.74, 6) is 1.13.